The van der Waals surface area contributed by atoms with Gasteiger partial charge in [0, 0.05) is 42.6 Å². The zero-order chi connectivity index (χ0) is 32.5. The fourth-order valence-electron chi connectivity index (χ4n) is 5.79. The van der Waals surface area contributed by atoms with Gasteiger partial charge in [-0.3, -0.25) is 4.90 Å². The second-order valence-corrected chi connectivity index (χ2v) is 12.0. The number of esters is 2. The van der Waals surface area contributed by atoms with Crippen LogP contribution in [0.25, 0.3) is 12.2 Å². The van der Waals surface area contributed by atoms with Crippen molar-refractivity contribution in [3.8, 4) is 23.6 Å². The average molecular weight is 600 g/mol. The number of likely N-dealkylation sites (tertiary alicyclic amines) is 1. The fourth-order valence-corrected chi connectivity index (χ4v) is 5.79. The van der Waals surface area contributed by atoms with E-state index in [1.54, 1.807) is 48.6 Å². The zero-order valence-corrected chi connectivity index (χ0v) is 26.5. The fraction of sp³-hybridized carbons (Fsp3) is 0.429. The summed E-state index contributed by atoms with van der Waals surface area (Å²) >= 11 is 0. The van der Waals surface area contributed by atoms with Crippen LogP contribution in [0.3, 0.4) is 0 Å². The molecule has 2 aromatic carbocycles. The van der Waals surface area contributed by atoms with Crippen LogP contribution in [0.15, 0.2) is 48.6 Å². The first-order valence-electron chi connectivity index (χ1n) is 14.6. The van der Waals surface area contributed by atoms with E-state index in [1.807, 2.05) is 6.92 Å². The lowest BCUT2D eigenvalue weighted by molar-refractivity contribution is -0.161. The molecule has 0 amide bonds. The molecule has 3 rings (SSSR count). The van der Waals surface area contributed by atoms with E-state index in [-0.39, 0.29) is 23.3 Å². The van der Waals surface area contributed by atoms with Gasteiger partial charge in [-0.15, -0.1) is 0 Å². The van der Waals surface area contributed by atoms with Crippen molar-refractivity contribution < 1.29 is 28.5 Å². The molecule has 1 atom stereocenters. The summed E-state index contributed by atoms with van der Waals surface area (Å²) < 4.78 is 22.0. The third-order valence-corrected chi connectivity index (χ3v) is 7.88. The van der Waals surface area contributed by atoms with E-state index in [0.717, 1.165) is 0 Å². The molecule has 9 nitrogen and oxygen atoms in total. The van der Waals surface area contributed by atoms with E-state index in [9.17, 15) is 20.1 Å². The molecule has 1 unspecified atom stereocenters. The molecule has 232 valence electrons. The Balaban J connectivity index is 1.64. The first kappa shape index (κ1) is 33.9. The van der Waals surface area contributed by atoms with E-state index < -0.39 is 11.9 Å². The third kappa shape index (κ3) is 8.72. The lowest BCUT2D eigenvalue weighted by Gasteiger charge is -2.55. The van der Waals surface area contributed by atoms with E-state index >= 15 is 0 Å². The summed E-state index contributed by atoms with van der Waals surface area (Å²) in [7, 11) is 3.06. The molecule has 2 aromatic rings. The summed E-state index contributed by atoms with van der Waals surface area (Å²) in [5, 5.41) is 18.9. The molecule has 1 fully saturated rings. The second-order valence-electron chi connectivity index (χ2n) is 12.0. The topological polar surface area (TPSA) is 122 Å². The SMILES string of the molecule is CCC(CN1C(C)(C)CC(OC(=O)/C=C/c2ccc(OC)cc2C#N)CC1(C)C)OC(=O)/C=C/c1ccc(OC)cc1C#N. The summed E-state index contributed by atoms with van der Waals surface area (Å²) in [6.07, 6.45) is 6.98. The Kier molecular flexibility index (Phi) is 11.3. The van der Waals surface area contributed by atoms with Gasteiger partial charge >= 0.3 is 11.9 Å². The van der Waals surface area contributed by atoms with E-state index in [2.05, 4.69) is 44.7 Å². The van der Waals surface area contributed by atoms with Crippen LogP contribution in [0.4, 0.5) is 0 Å². The number of methoxy groups -OCH3 is 2. The van der Waals surface area contributed by atoms with Gasteiger partial charge in [0.15, 0.2) is 0 Å². The maximum atomic E-state index is 12.8. The van der Waals surface area contributed by atoms with Crippen molar-refractivity contribution in [3.63, 3.8) is 0 Å². The zero-order valence-electron chi connectivity index (χ0n) is 26.5. The predicted molar refractivity (Wildman–Crippen MR) is 168 cm³/mol. The van der Waals surface area contributed by atoms with Crippen LogP contribution < -0.4 is 9.47 Å². The number of piperidine rings is 1. The van der Waals surface area contributed by atoms with Crippen molar-refractivity contribution in [2.24, 2.45) is 0 Å². The first-order chi connectivity index (χ1) is 20.8. The summed E-state index contributed by atoms with van der Waals surface area (Å²) in [5.74, 6) is 0.171. The van der Waals surface area contributed by atoms with Gasteiger partial charge in [-0.05, 0) is 93.8 Å². The summed E-state index contributed by atoms with van der Waals surface area (Å²) in [6.45, 7) is 10.9. The molecule has 0 saturated carbocycles. The second kappa shape index (κ2) is 14.7. The number of hydrogen-bond acceptors (Lipinski definition) is 9. The van der Waals surface area contributed by atoms with Crippen molar-refractivity contribution in [2.75, 3.05) is 20.8 Å². The maximum Gasteiger partial charge on any atom is 0.331 e. The minimum Gasteiger partial charge on any atom is -0.497 e. The van der Waals surface area contributed by atoms with Crippen LogP contribution in [-0.2, 0) is 19.1 Å². The normalized spacial score (nSPS) is 17.0. The largest absolute Gasteiger partial charge is 0.497 e. The summed E-state index contributed by atoms with van der Waals surface area (Å²) in [5.41, 5.74) is 1.28. The molecule has 44 heavy (non-hydrogen) atoms. The lowest BCUT2D eigenvalue weighted by atomic mass is 9.77. The Morgan fingerprint density at radius 2 is 1.36 bits per heavy atom. The Morgan fingerprint density at radius 1 is 0.886 bits per heavy atom. The molecule has 0 aliphatic carbocycles. The lowest BCUT2D eigenvalue weighted by Crippen LogP contribution is -2.64. The molecule has 0 aromatic heterocycles. The standard InChI is InChI=1S/C35H41N3O6/c1-8-28(43-32(39)15-11-24-9-13-29(41-6)17-26(24)21-36)23-38-34(2,3)19-31(20-35(38,4)5)44-33(40)16-12-25-10-14-30(42-7)18-27(25)22-37/h9-18,28,31H,8,19-20,23H2,1-7H3/b15-11+,16-12+. The highest BCUT2D eigenvalue weighted by Gasteiger charge is 2.47. The van der Waals surface area contributed by atoms with Gasteiger partial charge in [0.25, 0.3) is 0 Å². The van der Waals surface area contributed by atoms with Crippen molar-refractivity contribution in [1.82, 2.24) is 4.90 Å². The highest BCUT2D eigenvalue weighted by atomic mass is 16.5. The highest BCUT2D eigenvalue weighted by Crippen LogP contribution is 2.40. The molecular formula is C35H41N3O6. The van der Waals surface area contributed by atoms with Crippen molar-refractivity contribution in [1.29, 1.82) is 10.5 Å². The van der Waals surface area contributed by atoms with Gasteiger partial charge in [-0.2, -0.15) is 10.5 Å². The van der Waals surface area contributed by atoms with E-state index in [1.165, 1.54) is 26.4 Å². The molecule has 0 radical (unpaired) electrons. The quantitative estimate of drug-likeness (QED) is 0.224. The molecule has 1 aliphatic heterocycles. The predicted octanol–water partition coefficient (Wildman–Crippen LogP) is 6.06. The number of carbonyl (C=O) groups is 2. The molecule has 1 saturated heterocycles. The van der Waals surface area contributed by atoms with Gasteiger partial charge < -0.3 is 18.9 Å². The van der Waals surface area contributed by atoms with E-state index in [4.69, 9.17) is 18.9 Å². The molecular weight excluding hydrogens is 558 g/mol. The number of ether oxygens (including phenoxy) is 4. The van der Waals surface area contributed by atoms with Gasteiger partial charge in [-0.25, -0.2) is 9.59 Å². The molecule has 0 spiro atoms. The number of benzene rings is 2. The monoisotopic (exact) mass is 599 g/mol. The molecule has 9 heteroatoms. The van der Waals surface area contributed by atoms with Crippen molar-refractivity contribution >= 4 is 24.1 Å². The van der Waals surface area contributed by atoms with Gasteiger partial charge in [0.2, 0.25) is 0 Å². The van der Waals surface area contributed by atoms with Crippen molar-refractivity contribution in [3.05, 3.63) is 70.8 Å². The van der Waals surface area contributed by atoms with E-state index in [0.29, 0.717) is 59.6 Å². The molecule has 0 N–H and O–H groups in total. The minimum absolute atomic E-state index is 0.316. The number of hydrogen-bond donors (Lipinski definition) is 0. The van der Waals surface area contributed by atoms with Crippen LogP contribution in [0.1, 0.15) is 76.1 Å². The number of carbonyl (C=O) groups excluding carboxylic acids is 2. The van der Waals surface area contributed by atoms with Gasteiger partial charge in [0.05, 0.1) is 37.5 Å². The van der Waals surface area contributed by atoms with Crippen LogP contribution in [0.2, 0.25) is 0 Å². The van der Waals surface area contributed by atoms with Crippen LogP contribution in [-0.4, -0.2) is 60.9 Å². The third-order valence-electron chi connectivity index (χ3n) is 7.88. The Bertz CT molecular complexity index is 1480. The van der Waals surface area contributed by atoms with Gasteiger partial charge in [-0.1, -0.05) is 6.92 Å². The summed E-state index contributed by atoms with van der Waals surface area (Å²) in [6, 6.07) is 14.4. The Hall–Kier alpha value is -4.60. The number of rotatable bonds is 11. The minimum atomic E-state index is -0.487. The average Bonchev–Trinajstić information content (AvgIpc) is 2.99. The first-order valence-corrected chi connectivity index (χ1v) is 14.6. The Morgan fingerprint density at radius 3 is 1.80 bits per heavy atom. The smallest absolute Gasteiger partial charge is 0.331 e. The van der Waals surface area contributed by atoms with Crippen molar-refractivity contribution in [2.45, 2.75) is 77.2 Å². The van der Waals surface area contributed by atoms with Crippen LogP contribution >= 0.6 is 0 Å². The molecule has 0 bridgehead atoms. The van der Waals surface area contributed by atoms with Crippen LogP contribution in [0.5, 0.6) is 11.5 Å². The van der Waals surface area contributed by atoms with Crippen LogP contribution in [0, 0.1) is 22.7 Å². The molecule has 1 heterocycles. The Labute approximate surface area is 260 Å². The number of nitriles is 2. The maximum absolute atomic E-state index is 12.8. The number of nitrogens with zero attached hydrogens (tertiary/aromatic N) is 3. The molecule has 1 aliphatic rings. The highest BCUT2D eigenvalue weighted by molar-refractivity contribution is 5.88. The summed E-state index contributed by atoms with van der Waals surface area (Å²) in [4.78, 5) is 27.9. The van der Waals surface area contributed by atoms with Gasteiger partial charge in [0.1, 0.15) is 23.7 Å².